The van der Waals surface area contributed by atoms with Crippen LogP contribution in [0.2, 0.25) is 5.15 Å². The number of morpholine rings is 1. The van der Waals surface area contributed by atoms with E-state index < -0.39 is 10.2 Å². The quantitative estimate of drug-likeness (QED) is 0.725. The lowest BCUT2D eigenvalue weighted by atomic mass is 9.89. The van der Waals surface area contributed by atoms with Gasteiger partial charge >= 0.3 is 0 Å². The van der Waals surface area contributed by atoms with Crippen LogP contribution in [0.15, 0.2) is 6.07 Å². The fourth-order valence-corrected chi connectivity index (χ4v) is 4.84. The highest BCUT2D eigenvalue weighted by atomic mass is 35.5. The Morgan fingerprint density at radius 3 is 2.68 bits per heavy atom. The van der Waals surface area contributed by atoms with Crippen LogP contribution in [0.4, 0.5) is 5.95 Å². The van der Waals surface area contributed by atoms with Gasteiger partial charge in [0.25, 0.3) is 10.2 Å². The molecule has 2 aliphatic heterocycles. The Bertz CT molecular complexity index is 737. The minimum Gasteiger partial charge on any atom is -0.474 e. The van der Waals surface area contributed by atoms with Crippen LogP contribution in [0.1, 0.15) is 12.8 Å². The van der Waals surface area contributed by atoms with Crippen molar-refractivity contribution >= 4 is 27.8 Å². The first-order chi connectivity index (χ1) is 12.0. The standard InChI is InChI=1S/C14H20ClN5O4S/c15-12-9-13(18-14(17-12)19-3-5-23-6-4-19)24-11-7-10(8-11)20-2-1-16-25(20,21)22/h9-11,16H,1-8H2. The van der Waals surface area contributed by atoms with E-state index >= 15 is 0 Å². The van der Waals surface area contributed by atoms with Gasteiger partial charge in [-0.25, -0.2) is 9.71 Å². The van der Waals surface area contributed by atoms with Crippen molar-refractivity contribution in [2.24, 2.45) is 0 Å². The number of ether oxygens (including phenoxy) is 2. The molecule has 0 radical (unpaired) electrons. The molecule has 0 spiro atoms. The van der Waals surface area contributed by atoms with Crippen LogP contribution in [-0.4, -0.2) is 74.2 Å². The third-order valence-electron chi connectivity index (χ3n) is 4.64. The molecule has 138 valence electrons. The van der Waals surface area contributed by atoms with Gasteiger partial charge in [0.1, 0.15) is 11.3 Å². The first-order valence-electron chi connectivity index (χ1n) is 8.32. The summed E-state index contributed by atoms with van der Waals surface area (Å²) in [7, 11) is -3.31. The van der Waals surface area contributed by atoms with Crippen LogP contribution in [0.25, 0.3) is 0 Å². The highest BCUT2D eigenvalue weighted by Crippen LogP contribution is 2.32. The van der Waals surface area contributed by atoms with E-state index in [9.17, 15) is 8.42 Å². The van der Waals surface area contributed by atoms with Gasteiger partial charge in [0.05, 0.1) is 13.2 Å². The Hall–Kier alpha value is -1.20. The summed E-state index contributed by atoms with van der Waals surface area (Å²) in [5.41, 5.74) is 0. The zero-order valence-electron chi connectivity index (χ0n) is 13.6. The molecule has 1 N–H and O–H groups in total. The highest BCUT2D eigenvalue weighted by Gasteiger charge is 2.42. The summed E-state index contributed by atoms with van der Waals surface area (Å²) in [5.74, 6) is 0.959. The lowest BCUT2D eigenvalue weighted by Gasteiger charge is -2.39. The Morgan fingerprint density at radius 2 is 2.00 bits per heavy atom. The summed E-state index contributed by atoms with van der Waals surface area (Å²) >= 11 is 6.10. The molecule has 3 aliphatic rings. The molecule has 11 heteroatoms. The molecule has 3 fully saturated rings. The molecule has 0 bridgehead atoms. The normalized spacial score (nSPS) is 29.4. The number of hydrogen-bond acceptors (Lipinski definition) is 7. The van der Waals surface area contributed by atoms with Crippen LogP contribution in [0.5, 0.6) is 5.88 Å². The fraction of sp³-hybridized carbons (Fsp3) is 0.714. The van der Waals surface area contributed by atoms with Crippen LogP contribution in [0.3, 0.4) is 0 Å². The number of rotatable bonds is 4. The second kappa shape index (κ2) is 6.84. The molecule has 9 nitrogen and oxygen atoms in total. The number of aromatic nitrogens is 2. The average molecular weight is 390 g/mol. The molecule has 2 saturated heterocycles. The Balaban J connectivity index is 1.38. The second-order valence-corrected chi connectivity index (χ2v) is 8.40. The number of halogens is 1. The minimum atomic E-state index is -3.31. The summed E-state index contributed by atoms with van der Waals surface area (Å²) in [6.45, 7) is 3.68. The van der Waals surface area contributed by atoms with Gasteiger partial charge in [-0.1, -0.05) is 11.6 Å². The first-order valence-corrected chi connectivity index (χ1v) is 10.1. The van der Waals surface area contributed by atoms with E-state index in [2.05, 4.69) is 14.7 Å². The van der Waals surface area contributed by atoms with E-state index in [-0.39, 0.29) is 12.1 Å². The third kappa shape index (κ3) is 3.68. The van der Waals surface area contributed by atoms with E-state index in [0.29, 0.717) is 69.2 Å². The van der Waals surface area contributed by atoms with Crippen molar-refractivity contribution in [3.8, 4) is 5.88 Å². The molecule has 0 aromatic carbocycles. The van der Waals surface area contributed by atoms with Crippen LogP contribution >= 0.6 is 11.6 Å². The predicted octanol–water partition coefficient (Wildman–Crippen LogP) is 0.0264. The monoisotopic (exact) mass is 389 g/mol. The largest absolute Gasteiger partial charge is 0.474 e. The SMILES string of the molecule is O=S1(=O)NCCN1C1CC(Oc2cc(Cl)nc(N3CCOCC3)n2)C1. The third-order valence-corrected chi connectivity index (χ3v) is 6.50. The van der Waals surface area contributed by atoms with E-state index in [1.54, 1.807) is 6.07 Å². The molecule has 0 atom stereocenters. The summed E-state index contributed by atoms with van der Waals surface area (Å²) in [6, 6.07) is 1.58. The maximum atomic E-state index is 11.8. The molecule has 0 amide bonds. The predicted molar refractivity (Wildman–Crippen MR) is 91.1 cm³/mol. The lowest BCUT2D eigenvalue weighted by molar-refractivity contribution is 0.0521. The van der Waals surface area contributed by atoms with Crippen LogP contribution in [-0.2, 0) is 14.9 Å². The lowest BCUT2D eigenvalue weighted by Crippen LogP contribution is -2.50. The molecule has 1 aliphatic carbocycles. The summed E-state index contributed by atoms with van der Waals surface area (Å²) < 4.78 is 38.9. The Labute approximate surface area is 151 Å². The number of nitrogens with zero attached hydrogens (tertiary/aromatic N) is 4. The van der Waals surface area contributed by atoms with E-state index in [4.69, 9.17) is 21.1 Å². The summed E-state index contributed by atoms with van der Waals surface area (Å²) in [4.78, 5) is 10.7. The van der Waals surface area contributed by atoms with Crippen molar-refractivity contribution in [1.82, 2.24) is 19.0 Å². The first kappa shape index (κ1) is 17.2. The van der Waals surface area contributed by atoms with E-state index in [1.165, 1.54) is 4.31 Å². The fourth-order valence-electron chi connectivity index (χ4n) is 3.26. The molecule has 25 heavy (non-hydrogen) atoms. The van der Waals surface area contributed by atoms with Gasteiger partial charge in [-0.15, -0.1) is 0 Å². The summed E-state index contributed by atoms with van der Waals surface area (Å²) in [6.07, 6.45) is 1.23. The topological polar surface area (TPSA) is 96.9 Å². The minimum absolute atomic E-state index is 0.0129. The van der Waals surface area contributed by atoms with Gasteiger partial charge in [0.15, 0.2) is 0 Å². The number of anilines is 1. The number of hydrogen-bond donors (Lipinski definition) is 1. The Morgan fingerprint density at radius 1 is 1.24 bits per heavy atom. The zero-order valence-corrected chi connectivity index (χ0v) is 15.2. The zero-order chi connectivity index (χ0) is 17.4. The van der Waals surface area contributed by atoms with Gasteiger partial charge in [0, 0.05) is 51.1 Å². The van der Waals surface area contributed by atoms with E-state index in [0.717, 1.165) is 0 Å². The van der Waals surface area contributed by atoms with Crippen molar-refractivity contribution < 1.29 is 17.9 Å². The molecule has 1 aromatic rings. The molecule has 1 aromatic heterocycles. The molecule has 4 rings (SSSR count). The van der Waals surface area contributed by atoms with Crippen LogP contribution in [0, 0.1) is 0 Å². The van der Waals surface area contributed by atoms with Crippen molar-refractivity contribution in [2.75, 3.05) is 44.3 Å². The van der Waals surface area contributed by atoms with Gasteiger partial charge in [-0.05, 0) is 0 Å². The highest BCUT2D eigenvalue weighted by molar-refractivity contribution is 7.87. The maximum absolute atomic E-state index is 11.8. The maximum Gasteiger partial charge on any atom is 0.279 e. The van der Waals surface area contributed by atoms with Crippen molar-refractivity contribution in [1.29, 1.82) is 0 Å². The molecule has 3 heterocycles. The Kier molecular flexibility index (Phi) is 4.71. The van der Waals surface area contributed by atoms with Gasteiger partial charge in [-0.3, -0.25) is 0 Å². The van der Waals surface area contributed by atoms with Gasteiger partial charge in [0.2, 0.25) is 11.8 Å². The molecule has 0 unspecified atom stereocenters. The van der Waals surface area contributed by atoms with Crippen molar-refractivity contribution in [2.45, 2.75) is 25.0 Å². The summed E-state index contributed by atoms with van der Waals surface area (Å²) in [5, 5.41) is 0.327. The molecular formula is C14H20ClN5O4S. The number of nitrogens with one attached hydrogen (secondary N) is 1. The van der Waals surface area contributed by atoms with Crippen molar-refractivity contribution in [3.05, 3.63) is 11.2 Å². The smallest absolute Gasteiger partial charge is 0.279 e. The van der Waals surface area contributed by atoms with Gasteiger partial charge < -0.3 is 14.4 Å². The van der Waals surface area contributed by atoms with E-state index in [1.807, 2.05) is 4.90 Å². The molecular weight excluding hydrogens is 370 g/mol. The van der Waals surface area contributed by atoms with Crippen LogP contribution < -0.4 is 14.4 Å². The second-order valence-electron chi connectivity index (χ2n) is 6.30. The average Bonchev–Trinajstić information content (AvgIpc) is 2.90. The van der Waals surface area contributed by atoms with Crippen molar-refractivity contribution in [3.63, 3.8) is 0 Å². The van der Waals surface area contributed by atoms with Gasteiger partial charge in [-0.2, -0.15) is 17.7 Å². The molecule has 1 saturated carbocycles.